The quantitative estimate of drug-likeness (QED) is 0.556. The number of non-ortho nitro benzene ring substituents is 1. The summed E-state index contributed by atoms with van der Waals surface area (Å²) in [6, 6.07) is 4.62. The minimum atomic E-state index is -0.419. The molecule has 2 rings (SSSR count). The predicted molar refractivity (Wildman–Crippen MR) is 53.3 cm³/mol. The number of aryl methyl sites for hydroxylation is 1. The van der Waals surface area contributed by atoms with E-state index < -0.39 is 4.92 Å². The lowest BCUT2D eigenvalue weighted by Gasteiger charge is -2.00. The molecule has 0 bridgehead atoms. The molecule has 1 aromatic heterocycles. The van der Waals surface area contributed by atoms with E-state index in [2.05, 4.69) is 4.98 Å². The van der Waals surface area contributed by atoms with Crippen LogP contribution in [0.3, 0.4) is 0 Å². The van der Waals surface area contributed by atoms with E-state index in [-0.39, 0.29) is 5.69 Å². The molecule has 5 heteroatoms. The number of oxazole rings is 1. The lowest BCUT2D eigenvalue weighted by molar-refractivity contribution is -0.384. The molecule has 0 radical (unpaired) electrons. The number of benzene rings is 1. The molecule has 0 spiro atoms. The van der Waals surface area contributed by atoms with Gasteiger partial charge < -0.3 is 4.42 Å². The van der Waals surface area contributed by atoms with Crippen LogP contribution in [0.15, 0.2) is 35.2 Å². The third-order valence-corrected chi connectivity index (χ3v) is 2.12. The molecular formula is C10H8N2O3. The fraction of sp³-hybridized carbons (Fsp3) is 0.100. The van der Waals surface area contributed by atoms with E-state index in [4.69, 9.17) is 4.42 Å². The second kappa shape index (κ2) is 3.53. The van der Waals surface area contributed by atoms with Crippen LogP contribution in [0.1, 0.15) is 5.56 Å². The third-order valence-electron chi connectivity index (χ3n) is 2.12. The lowest BCUT2D eigenvalue weighted by atomic mass is 10.1. The van der Waals surface area contributed by atoms with Gasteiger partial charge in [0.1, 0.15) is 0 Å². The molecule has 1 aromatic carbocycles. The number of hydrogen-bond donors (Lipinski definition) is 0. The van der Waals surface area contributed by atoms with E-state index in [1.165, 1.54) is 18.5 Å². The van der Waals surface area contributed by atoms with Crippen molar-refractivity contribution in [1.29, 1.82) is 0 Å². The number of rotatable bonds is 2. The average molecular weight is 204 g/mol. The Morgan fingerprint density at radius 2 is 2.27 bits per heavy atom. The minimum absolute atomic E-state index is 0.0794. The van der Waals surface area contributed by atoms with Crippen molar-refractivity contribution < 1.29 is 9.34 Å². The van der Waals surface area contributed by atoms with Crippen molar-refractivity contribution in [2.75, 3.05) is 0 Å². The first-order valence-electron chi connectivity index (χ1n) is 4.32. The smallest absolute Gasteiger partial charge is 0.269 e. The van der Waals surface area contributed by atoms with Crippen LogP contribution in [0.2, 0.25) is 0 Å². The molecule has 0 atom stereocenters. The first-order chi connectivity index (χ1) is 7.18. The van der Waals surface area contributed by atoms with Crippen LogP contribution in [0, 0.1) is 17.0 Å². The Morgan fingerprint density at radius 3 is 2.80 bits per heavy atom. The summed E-state index contributed by atoms with van der Waals surface area (Å²) < 4.78 is 5.12. The van der Waals surface area contributed by atoms with Crippen molar-refractivity contribution in [3.63, 3.8) is 0 Å². The summed E-state index contributed by atoms with van der Waals surface area (Å²) in [5.74, 6) is 0.613. The summed E-state index contributed by atoms with van der Waals surface area (Å²) in [4.78, 5) is 13.9. The lowest BCUT2D eigenvalue weighted by Crippen LogP contribution is -1.89. The largest absolute Gasteiger partial charge is 0.444 e. The molecule has 0 unspecified atom stereocenters. The first-order valence-corrected chi connectivity index (χ1v) is 4.32. The van der Waals surface area contributed by atoms with Crippen LogP contribution in [-0.2, 0) is 0 Å². The van der Waals surface area contributed by atoms with Gasteiger partial charge in [-0.3, -0.25) is 10.1 Å². The summed E-state index contributed by atoms with van der Waals surface area (Å²) in [5, 5.41) is 10.5. The normalized spacial score (nSPS) is 10.2. The maximum Gasteiger partial charge on any atom is 0.269 e. The molecule has 0 amide bonds. The Labute approximate surface area is 85.5 Å². The van der Waals surface area contributed by atoms with Gasteiger partial charge in [-0.15, -0.1) is 0 Å². The molecule has 5 nitrogen and oxygen atoms in total. The maximum atomic E-state index is 10.5. The molecule has 0 aliphatic carbocycles. The van der Waals surface area contributed by atoms with E-state index in [9.17, 15) is 10.1 Å². The van der Waals surface area contributed by atoms with E-state index in [0.29, 0.717) is 5.76 Å². The van der Waals surface area contributed by atoms with Crippen LogP contribution in [0.5, 0.6) is 0 Å². The molecule has 15 heavy (non-hydrogen) atoms. The van der Waals surface area contributed by atoms with Crippen molar-refractivity contribution in [3.8, 4) is 11.3 Å². The number of nitro benzene ring substituents is 1. The van der Waals surface area contributed by atoms with Crippen LogP contribution in [0.4, 0.5) is 5.69 Å². The number of hydrogen-bond acceptors (Lipinski definition) is 4. The van der Waals surface area contributed by atoms with Gasteiger partial charge in [0, 0.05) is 17.7 Å². The van der Waals surface area contributed by atoms with Gasteiger partial charge in [0.2, 0.25) is 0 Å². The van der Waals surface area contributed by atoms with Gasteiger partial charge in [-0.05, 0) is 18.6 Å². The molecule has 0 fully saturated rings. The highest BCUT2D eigenvalue weighted by molar-refractivity contribution is 5.63. The van der Waals surface area contributed by atoms with Crippen LogP contribution in [-0.4, -0.2) is 9.91 Å². The van der Waals surface area contributed by atoms with E-state index >= 15 is 0 Å². The summed E-state index contributed by atoms with van der Waals surface area (Å²) in [6.07, 6.45) is 2.91. The van der Waals surface area contributed by atoms with Crippen molar-refractivity contribution in [3.05, 3.63) is 46.5 Å². The Hall–Kier alpha value is -2.17. The van der Waals surface area contributed by atoms with Gasteiger partial charge >= 0.3 is 0 Å². The first kappa shape index (κ1) is 9.39. The number of nitrogens with zero attached hydrogens (tertiary/aromatic N) is 2. The SMILES string of the molecule is Cc1cc([N+](=O)[O-])ccc1-c1cnco1. The Morgan fingerprint density at radius 1 is 1.47 bits per heavy atom. The Bertz CT molecular complexity index is 491. The fourth-order valence-corrected chi connectivity index (χ4v) is 1.39. The Kier molecular flexibility index (Phi) is 2.21. The van der Waals surface area contributed by atoms with Crippen LogP contribution < -0.4 is 0 Å². The number of nitro groups is 1. The van der Waals surface area contributed by atoms with Crippen LogP contribution >= 0.6 is 0 Å². The molecule has 0 saturated heterocycles. The second-order valence-corrected chi connectivity index (χ2v) is 3.12. The zero-order valence-corrected chi connectivity index (χ0v) is 8.01. The van der Waals surface area contributed by atoms with E-state index in [1.807, 2.05) is 0 Å². The summed E-state index contributed by atoms with van der Waals surface area (Å²) >= 11 is 0. The standard InChI is InChI=1S/C10H8N2O3/c1-7-4-8(12(13)14)2-3-9(7)10-5-11-6-15-10/h2-6H,1H3. The van der Waals surface area contributed by atoms with Crippen molar-refractivity contribution >= 4 is 5.69 Å². The molecular weight excluding hydrogens is 196 g/mol. The fourth-order valence-electron chi connectivity index (χ4n) is 1.39. The highest BCUT2D eigenvalue weighted by atomic mass is 16.6. The molecule has 0 aliphatic rings. The van der Waals surface area contributed by atoms with Crippen molar-refractivity contribution in [1.82, 2.24) is 4.98 Å². The second-order valence-electron chi connectivity index (χ2n) is 3.12. The van der Waals surface area contributed by atoms with Crippen LogP contribution in [0.25, 0.3) is 11.3 Å². The molecule has 76 valence electrons. The highest BCUT2D eigenvalue weighted by Crippen LogP contribution is 2.26. The molecule has 1 heterocycles. The van der Waals surface area contributed by atoms with Gasteiger partial charge in [0.15, 0.2) is 12.2 Å². The molecule has 0 N–H and O–H groups in total. The minimum Gasteiger partial charge on any atom is -0.444 e. The predicted octanol–water partition coefficient (Wildman–Crippen LogP) is 2.56. The number of aromatic nitrogens is 1. The van der Waals surface area contributed by atoms with E-state index in [1.54, 1.807) is 19.2 Å². The highest BCUT2D eigenvalue weighted by Gasteiger charge is 2.10. The maximum absolute atomic E-state index is 10.5. The summed E-state index contributed by atoms with van der Waals surface area (Å²) in [5.41, 5.74) is 1.69. The third kappa shape index (κ3) is 1.71. The van der Waals surface area contributed by atoms with Gasteiger partial charge in [-0.1, -0.05) is 0 Å². The average Bonchev–Trinajstić information content (AvgIpc) is 2.70. The van der Waals surface area contributed by atoms with Crippen molar-refractivity contribution in [2.45, 2.75) is 6.92 Å². The summed E-state index contributed by atoms with van der Waals surface area (Å²) in [7, 11) is 0. The molecule has 0 saturated carbocycles. The van der Waals surface area contributed by atoms with Gasteiger partial charge in [0.25, 0.3) is 5.69 Å². The monoisotopic (exact) mass is 204 g/mol. The molecule has 2 aromatic rings. The van der Waals surface area contributed by atoms with E-state index in [0.717, 1.165) is 11.1 Å². The topological polar surface area (TPSA) is 69.2 Å². The zero-order chi connectivity index (χ0) is 10.8. The Balaban J connectivity index is 2.48. The zero-order valence-electron chi connectivity index (χ0n) is 8.01. The van der Waals surface area contributed by atoms with Gasteiger partial charge in [-0.25, -0.2) is 4.98 Å². The van der Waals surface area contributed by atoms with Crippen molar-refractivity contribution in [2.24, 2.45) is 0 Å². The summed E-state index contributed by atoms with van der Waals surface area (Å²) in [6.45, 7) is 1.80. The van der Waals surface area contributed by atoms with Gasteiger partial charge in [-0.2, -0.15) is 0 Å². The molecule has 0 aliphatic heterocycles. The van der Waals surface area contributed by atoms with Gasteiger partial charge in [0.05, 0.1) is 11.1 Å².